The molecule has 0 radical (unpaired) electrons. The normalized spacial score (nSPS) is 22.6. The van der Waals surface area contributed by atoms with Crippen LogP contribution >= 0.6 is 24.0 Å². The van der Waals surface area contributed by atoms with E-state index >= 15 is 0 Å². The van der Waals surface area contributed by atoms with Gasteiger partial charge in [0.15, 0.2) is 15.8 Å². The molecule has 0 spiro atoms. The second-order valence-electron chi connectivity index (χ2n) is 5.03. The molecule has 0 saturated heterocycles. The number of nitrogens with one attached hydrogen (secondary N) is 2. The number of hydrogen-bond donors (Lipinski definition) is 2. The number of guanidine groups is 1. The average molecular weight is 387 g/mol. The van der Waals surface area contributed by atoms with Crippen LogP contribution in [0.4, 0.5) is 0 Å². The van der Waals surface area contributed by atoms with Crippen molar-refractivity contribution in [2.24, 2.45) is 4.99 Å². The van der Waals surface area contributed by atoms with Crippen molar-refractivity contribution < 1.29 is 8.42 Å². The lowest BCUT2D eigenvalue weighted by molar-refractivity contribution is 0.504. The van der Waals surface area contributed by atoms with Gasteiger partial charge in [-0.25, -0.2) is 8.42 Å². The number of halogens is 1. The number of aliphatic imine (C=N–C) groups is 1. The highest BCUT2D eigenvalue weighted by Crippen LogP contribution is 2.35. The van der Waals surface area contributed by atoms with Crippen molar-refractivity contribution >= 4 is 39.8 Å². The zero-order valence-corrected chi connectivity index (χ0v) is 13.9. The van der Waals surface area contributed by atoms with Crippen LogP contribution in [0.2, 0.25) is 0 Å². The van der Waals surface area contributed by atoms with Crippen molar-refractivity contribution in [2.45, 2.75) is 36.9 Å². The molecule has 18 heavy (non-hydrogen) atoms. The van der Waals surface area contributed by atoms with E-state index in [0.29, 0.717) is 6.54 Å². The standard InChI is InChI=1S/C11H21N3O2S.HI/c1-17(15,16)11(5-2-3-6-11)9-14-10-12-7-4-8-13-10;/h2-9H2,1H3,(H2,12,13,14);1H. The molecule has 1 aliphatic heterocycles. The van der Waals surface area contributed by atoms with E-state index < -0.39 is 14.6 Å². The van der Waals surface area contributed by atoms with Gasteiger partial charge in [-0.05, 0) is 19.3 Å². The van der Waals surface area contributed by atoms with Gasteiger partial charge < -0.3 is 10.6 Å². The molecule has 2 aliphatic rings. The van der Waals surface area contributed by atoms with Crippen LogP contribution < -0.4 is 10.6 Å². The van der Waals surface area contributed by atoms with Crippen LogP contribution in [0.15, 0.2) is 4.99 Å². The van der Waals surface area contributed by atoms with Crippen LogP contribution in [0.5, 0.6) is 0 Å². The van der Waals surface area contributed by atoms with Crippen molar-refractivity contribution in [3.8, 4) is 0 Å². The van der Waals surface area contributed by atoms with Gasteiger partial charge in [0, 0.05) is 25.9 Å². The molecule has 5 nitrogen and oxygen atoms in total. The highest BCUT2D eigenvalue weighted by atomic mass is 127. The molecule has 7 heteroatoms. The van der Waals surface area contributed by atoms with Gasteiger partial charge in [0.25, 0.3) is 0 Å². The maximum Gasteiger partial charge on any atom is 0.191 e. The highest BCUT2D eigenvalue weighted by Gasteiger charge is 2.43. The fraction of sp³-hybridized carbons (Fsp3) is 0.909. The van der Waals surface area contributed by atoms with Gasteiger partial charge >= 0.3 is 0 Å². The van der Waals surface area contributed by atoms with Gasteiger partial charge in [0.2, 0.25) is 0 Å². The second-order valence-corrected chi connectivity index (χ2v) is 7.44. The van der Waals surface area contributed by atoms with E-state index in [9.17, 15) is 8.42 Å². The summed E-state index contributed by atoms with van der Waals surface area (Å²) < 4.78 is 23.3. The summed E-state index contributed by atoms with van der Waals surface area (Å²) in [5.41, 5.74) is 0. The fourth-order valence-corrected chi connectivity index (χ4v) is 3.96. The molecule has 2 rings (SSSR count). The molecule has 0 atom stereocenters. The first kappa shape index (κ1) is 16.0. The van der Waals surface area contributed by atoms with Crippen molar-refractivity contribution in [3.63, 3.8) is 0 Å². The second kappa shape index (κ2) is 6.40. The Morgan fingerprint density at radius 2 is 2.00 bits per heavy atom. The number of nitrogens with zero attached hydrogens (tertiary/aromatic N) is 1. The van der Waals surface area contributed by atoms with Crippen molar-refractivity contribution in [3.05, 3.63) is 0 Å². The topological polar surface area (TPSA) is 70.6 Å². The lowest BCUT2D eigenvalue weighted by Crippen LogP contribution is -2.50. The molecule has 0 bridgehead atoms. The third-order valence-corrected chi connectivity index (χ3v) is 5.90. The Bertz CT molecular complexity index is 403. The summed E-state index contributed by atoms with van der Waals surface area (Å²) in [4.78, 5) is 4.30. The lowest BCUT2D eigenvalue weighted by Gasteiger charge is -2.28. The largest absolute Gasteiger partial charge is 0.356 e. The molecule has 1 fully saturated rings. The highest BCUT2D eigenvalue weighted by molar-refractivity contribution is 14.0. The minimum atomic E-state index is -3.01. The Kier molecular flexibility index (Phi) is 5.69. The molecule has 106 valence electrons. The Balaban J connectivity index is 0.00000162. The van der Waals surface area contributed by atoms with Gasteiger partial charge in [0.05, 0.1) is 4.75 Å². The Morgan fingerprint density at radius 3 is 2.50 bits per heavy atom. The number of sulfone groups is 1. The smallest absolute Gasteiger partial charge is 0.191 e. The maximum atomic E-state index is 11.9. The molecule has 1 saturated carbocycles. The van der Waals surface area contributed by atoms with Crippen molar-refractivity contribution in [1.29, 1.82) is 0 Å². The van der Waals surface area contributed by atoms with Crippen LogP contribution in [-0.4, -0.2) is 45.0 Å². The van der Waals surface area contributed by atoms with Crippen LogP contribution in [-0.2, 0) is 9.84 Å². The van der Waals surface area contributed by atoms with Gasteiger partial charge in [-0.2, -0.15) is 0 Å². The maximum absolute atomic E-state index is 11.9. The van der Waals surface area contributed by atoms with Crippen LogP contribution in [0.25, 0.3) is 0 Å². The SMILES string of the molecule is CS(=O)(=O)C1(CNC2=NCCCN2)CCCC1.I. The molecule has 1 heterocycles. The first-order valence-corrected chi connectivity index (χ1v) is 8.14. The van der Waals surface area contributed by atoms with Crippen LogP contribution in [0, 0.1) is 0 Å². The molecule has 2 N–H and O–H groups in total. The van der Waals surface area contributed by atoms with E-state index in [1.165, 1.54) is 6.26 Å². The zero-order valence-electron chi connectivity index (χ0n) is 10.7. The first-order valence-electron chi connectivity index (χ1n) is 6.25. The van der Waals surface area contributed by atoms with E-state index in [1.54, 1.807) is 0 Å². The Labute approximate surface area is 126 Å². The molecular weight excluding hydrogens is 365 g/mol. The summed E-state index contributed by atoms with van der Waals surface area (Å²) >= 11 is 0. The molecule has 0 aromatic heterocycles. The van der Waals surface area contributed by atoms with E-state index in [2.05, 4.69) is 15.6 Å². The van der Waals surface area contributed by atoms with Gasteiger partial charge in [-0.3, -0.25) is 4.99 Å². The summed E-state index contributed by atoms with van der Waals surface area (Å²) in [5, 5.41) is 6.33. The van der Waals surface area contributed by atoms with Crippen molar-refractivity contribution in [2.75, 3.05) is 25.9 Å². The summed E-state index contributed by atoms with van der Waals surface area (Å²) in [5.74, 6) is 0.756. The minimum absolute atomic E-state index is 0. The third kappa shape index (κ3) is 3.49. The Hall–Kier alpha value is -0.0500. The molecule has 0 unspecified atom stereocenters. The first-order chi connectivity index (χ1) is 8.04. The van der Waals surface area contributed by atoms with E-state index in [4.69, 9.17) is 0 Å². The summed E-state index contributed by atoms with van der Waals surface area (Å²) in [6, 6.07) is 0. The third-order valence-electron chi connectivity index (χ3n) is 3.78. The van der Waals surface area contributed by atoms with Crippen molar-refractivity contribution in [1.82, 2.24) is 10.6 Å². The van der Waals surface area contributed by atoms with Gasteiger partial charge in [-0.1, -0.05) is 12.8 Å². The van der Waals surface area contributed by atoms with Crippen LogP contribution in [0.1, 0.15) is 32.1 Å². The van der Waals surface area contributed by atoms with E-state index in [0.717, 1.165) is 51.2 Å². The predicted molar refractivity (Wildman–Crippen MR) is 84.4 cm³/mol. The monoisotopic (exact) mass is 387 g/mol. The summed E-state index contributed by atoms with van der Waals surface area (Å²) in [6.07, 6.45) is 5.96. The molecule has 1 aliphatic carbocycles. The van der Waals surface area contributed by atoms with Crippen LogP contribution in [0.3, 0.4) is 0 Å². The molecule has 0 aromatic rings. The molecule has 0 amide bonds. The van der Waals surface area contributed by atoms with Gasteiger partial charge in [-0.15, -0.1) is 24.0 Å². The molecular formula is C11H22IN3O2S. The van der Waals surface area contributed by atoms with E-state index in [1.807, 2.05) is 0 Å². The predicted octanol–water partition coefficient (Wildman–Crippen LogP) is 0.901. The summed E-state index contributed by atoms with van der Waals surface area (Å²) in [6.45, 7) is 2.22. The van der Waals surface area contributed by atoms with E-state index in [-0.39, 0.29) is 24.0 Å². The summed E-state index contributed by atoms with van der Waals surface area (Å²) in [7, 11) is -3.01. The average Bonchev–Trinajstić information content (AvgIpc) is 2.77. The van der Waals surface area contributed by atoms with Gasteiger partial charge in [0.1, 0.15) is 0 Å². The number of rotatable bonds is 3. The lowest BCUT2D eigenvalue weighted by atomic mass is 10.1. The molecule has 0 aromatic carbocycles. The fourth-order valence-electron chi connectivity index (χ4n) is 2.59. The zero-order chi connectivity index (χ0) is 12.4. The Morgan fingerprint density at radius 1 is 1.33 bits per heavy atom. The quantitative estimate of drug-likeness (QED) is 0.707. The number of hydrogen-bond acceptors (Lipinski definition) is 5. The minimum Gasteiger partial charge on any atom is -0.356 e.